The topological polar surface area (TPSA) is 51.0 Å². The second kappa shape index (κ2) is 4.87. The van der Waals surface area contributed by atoms with E-state index in [1.165, 1.54) is 0 Å². The minimum absolute atomic E-state index is 0.574. The van der Waals surface area contributed by atoms with Gasteiger partial charge in [0, 0.05) is 5.38 Å². The number of thiophene rings is 1. The summed E-state index contributed by atoms with van der Waals surface area (Å²) in [5, 5.41) is 9.00. The molecule has 0 unspecified atom stereocenters. The van der Waals surface area contributed by atoms with E-state index in [0.29, 0.717) is 18.3 Å². The summed E-state index contributed by atoms with van der Waals surface area (Å²) in [7, 11) is 0. The Morgan fingerprint density at radius 3 is 3.13 bits per heavy atom. The first-order valence-electron chi connectivity index (χ1n) is 4.57. The summed E-state index contributed by atoms with van der Waals surface area (Å²) < 4.78 is 6.20. The van der Waals surface area contributed by atoms with E-state index < -0.39 is 0 Å². The van der Waals surface area contributed by atoms with Crippen LogP contribution in [0.15, 0.2) is 19.8 Å². The average Bonchev–Trinajstić information content (AvgIpc) is 2.83. The van der Waals surface area contributed by atoms with Gasteiger partial charge in [-0.05, 0) is 28.5 Å². The van der Waals surface area contributed by atoms with Crippen molar-refractivity contribution in [1.82, 2.24) is 15.5 Å². The molecule has 0 atom stereocenters. The van der Waals surface area contributed by atoms with E-state index >= 15 is 0 Å². The van der Waals surface area contributed by atoms with Crippen LogP contribution in [0.3, 0.4) is 0 Å². The fraction of sp³-hybridized carbons (Fsp3) is 0.333. The summed E-state index contributed by atoms with van der Waals surface area (Å²) in [6.45, 7) is 3.58. The highest BCUT2D eigenvalue weighted by molar-refractivity contribution is 9.11. The number of hydrogen-bond acceptors (Lipinski definition) is 5. The van der Waals surface area contributed by atoms with Gasteiger partial charge in [-0.3, -0.25) is 0 Å². The molecule has 0 aliphatic heterocycles. The first-order chi connectivity index (χ1) is 7.29. The van der Waals surface area contributed by atoms with E-state index in [0.717, 1.165) is 15.9 Å². The predicted octanol–water partition coefficient (Wildman–Crippen LogP) is 2.67. The van der Waals surface area contributed by atoms with Gasteiger partial charge in [0.05, 0.1) is 15.9 Å². The van der Waals surface area contributed by atoms with Crippen LogP contribution in [0.1, 0.15) is 12.7 Å². The van der Waals surface area contributed by atoms with E-state index in [9.17, 15) is 0 Å². The summed E-state index contributed by atoms with van der Waals surface area (Å²) in [5.41, 5.74) is 0.960. The highest BCUT2D eigenvalue weighted by Crippen LogP contribution is 2.27. The number of hydrogen-bond donors (Lipinski definition) is 1. The van der Waals surface area contributed by atoms with Crippen molar-refractivity contribution in [1.29, 1.82) is 0 Å². The Morgan fingerprint density at radius 1 is 1.60 bits per heavy atom. The molecule has 2 heterocycles. The molecule has 1 N–H and O–H groups in total. The van der Waals surface area contributed by atoms with Gasteiger partial charge in [-0.25, -0.2) is 0 Å². The Morgan fingerprint density at radius 2 is 2.47 bits per heavy atom. The fourth-order valence-electron chi connectivity index (χ4n) is 1.10. The fourth-order valence-corrected chi connectivity index (χ4v) is 2.23. The number of nitrogens with one attached hydrogen (secondary N) is 1. The first kappa shape index (κ1) is 10.8. The van der Waals surface area contributed by atoms with Crippen LogP contribution >= 0.6 is 27.3 Å². The van der Waals surface area contributed by atoms with Gasteiger partial charge in [0.1, 0.15) is 0 Å². The molecule has 0 radical (unpaired) electrons. The molecule has 2 aromatic rings. The lowest BCUT2D eigenvalue weighted by Crippen LogP contribution is -2.12. The van der Waals surface area contributed by atoms with Crippen molar-refractivity contribution >= 4 is 27.3 Å². The molecule has 0 amide bonds. The quantitative estimate of drug-likeness (QED) is 0.939. The van der Waals surface area contributed by atoms with Gasteiger partial charge in [-0.2, -0.15) is 4.98 Å². The molecule has 4 nitrogen and oxygen atoms in total. The van der Waals surface area contributed by atoms with E-state index in [-0.39, 0.29) is 0 Å². The standard InChI is InChI=1S/C9H10BrN3OS/c1-2-11-4-8-12-9(14-13-8)6-3-7(10)15-5-6/h3,5,11H,2,4H2,1H3. The molecule has 0 bridgehead atoms. The number of nitrogens with zero attached hydrogens (tertiary/aromatic N) is 2. The molecule has 6 heteroatoms. The number of halogens is 1. The Balaban J connectivity index is 2.13. The summed E-state index contributed by atoms with van der Waals surface area (Å²) in [4.78, 5) is 4.28. The SMILES string of the molecule is CCNCc1noc(-c2csc(Br)c2)n1. The van der Waals surface area contributed by atoms with Gasteiger partial charge in [0.15, 0.2) is 5.82 Å². The lowest BCUT2D eigenvalue weighted by atomic mass is 10.3. The van der Waals surface area contributed by atoms with E-state index in [4.69, 9.17) is 4.52 Å². The van der Waals surface area contributed by atoms with Gasteiger partial charge in [-0.15, -0.1) is 11.3 Å². The zero-order valence-corrected chi connectivity index (χ0v) is 10.6. The molecule has 2 rings (SSSR count). The van der Waals surface area contributed by atoms with E-state index in [2.05, 4.69) is 31.4 Å². The average molecular weight is 288 g/mol. The van der Waals surface area contributed by atoms with Crippen molar-refractivity contribution in [3.63, 3.8) is 0 Å². The second-order valence-electron chi connectivity index (χ2n) is 2.94. The van der Waals surface area contributed by atoms with Crippen molar-refractivity contribution in [2.24, 2.45) is 0 Å². The van der Waals surface area contributed by atoms with Gasteiger partial charge >= 0.3 is 0 Å². The molecular formula is C9H10BrN3OS. The monoisotopic (exact) mass is 287 g/mol. The number of aromatic nitrogens is 2. The van der Waals surface area contributed by atoms with Crippen LogP contribution in [-0.4, -0.2) is 16.7 Å². The Labute approximate surface area is 99.8 Å². The third kappa shape index (κ3) is 2.64. The molecule has 0 saturated heterocycles. The molecular weight excluding hydrogens is 278 g/mol. The molecule has 0 aliphatic carbocycles. The zero-order valence-electron chi connectivity index (χ0n) is 8.16. The van der Waals surface area contributed by atoms with Crippen LogP contribution < -0.4 is 5.32 Å². The molecule has 0 fully saturated rings. The molecule has 80 valence electrons. The van der Waals surface area contributed by atoms with Gasteiger partial charge in [-0.1, -0.05) is 12.1 Å². The van der Waals surface area contributed by atoms with Crippen molar-refractivity contribution < 1.29 is 4.52 Å². The minimum atomic E-state index is 0.574. The molecule has 15 heavy (non-hydrogen) atoms. The van der Waals surface area contributed by atoms with Gasteiger partial charge < -0.3 is 9.84 Å². The highest BCUT2D eigenvalue weighted by atomic mass is 79.9. The van der Waals surface area contributed by atoms with Gasteiger partial charge in [0.25, 0.3) is 5.89 Å². The third-order valence-corrected chi connectivity index (χ3v) is 3.32. The van der Waals surface area contributed by atoms with Crippen molar-refractivity contribution in [2.75, 3.05) is 6.54 Å². The summed E-state index contributed by atoms with van der Waals surface area (Å²) in [5.74, 6) is 1.26. The van der Waals surface area contributed by atoms with Gasteiger partial charge in [0.2, 0.25) is 0 Å². The molecule has 0 spiro atoms. The Hall–Kier alpha value is -0.720. The third-order valence-electron chi connectivity index (χ3n) is 1.82. The van der Waals surface area contributed by atoms with Crippen LogP contribution in [0, 0.1) is 0 Å². The van der Waals surface area contributed by atoms with Crippen LogP contribution in [-0.2, 0) is 6.54 Å². The van der Waals surface area contributed by atoms with Crippen molar-refractivity contribution in [3.8, 4) is 11.5 Å². The zero-order chi connectivity index (χ0) is 10.7. The maximum atomic E-state index is 5.15. The summed E-state index contributed by atoms with van der Waals surface area (Å²) in [6.07, 6.45) is 0. The van der Waals surface area contributed by atoms with Crippen LogP contribution in [0.25, 0.3) is 11.5 Å². The minimum Gasteiger partial charge on any atom is -0.334 e. The van der Waals surface area contributed by atoms with Crippen molar-refractivity contribution in [3.05, 3.63) is 21.1 Å². The predicted molar refractivity (Wildman–Crippen MR) is 62.7 cm³/mol. The highest BCUT2D eigenvalue weighted by Gasteiger charge is 2.09. The molecule has 2 aromatic heterocycles. The van der Waals surface area contributed by atoms with Crippen LogP contribution in [0.2, 0.25) is 0 Å². The maximum absolute atomic E-state index is 5.15. The Bertz CT molecular complexity index is 440. The lowest BCUT2D eigenvalue weighted by molar-refractivity contribution is 0.420. The van der Waals surface area contributed by atoms with Crippen LogP contribution in [0.4, 0.5) is 0 Å². The second-order valence-corrected chi connectivity index (χ2v) is 5.23. The smallest absolute Gasteiger partial charge is 0.258 e. The van der Waals surface area contributed by atoms with E-state index in [1.807, 2.05) is 18.4 Å². The summed E-state index contributed by atoms with van der Waals surface area (Å²) >= 11 is 4.99. The lowest BCUT2D eigenvalue weighted by Gasteiger charge is -1.92. The summed E-state index contributed by atoms with van der Waals surface area (Å²) in [6, 6.07) is 1.97. The number of rotatable bonds is 4. The Kier molecular flexibility index (Phi) is 3.50. The van der Waals surface area contributed by atoms with Crippen LogP contribution in [0.5, 0.6) is 0 Å². The molecule has 0 aliphatic rings. The first-order valence-corrected chi connectivity index (χ1v) is 6.24. The normalized spacial score (nSPS) is 10.8. The molecule has 0 saturated carbocycles. The maximum Gasteiger partial charge on any atom is 0.258 e. The largest absolute Gasteiger partial charge is 0.334 e. The van der Waals surface area contributed by atoms with E-state index in [1.54, 1.807) is 11.3 Å². The molecule has 0 aromatic carbocycles. The van der Waals surface area contributed by atoms with Crippen molar-refractivity contribution in [2.45, 2.75) is 13.5 Å².